The van der Waals surface area contributed by atoms with Crippen molar-refractivity contribution in [3.63, 3.8) is 0 Å². The Morgan fingerprint density at radius 2 is 1.58 bits per heavy atom. The third kappa shape index (κ3) is 5.28. The van der Waals surface area contributed by atoms with Crippen LogP contribution in [0.1, 0.15) is 42.0 Å². The number of para-hydroxylation sites is 2. The summed E-state index contributed by atoms with van der Waals surface area (Å²) in [7, 11) is 0. The Labute approximate surface area is 200 Å². The second-order valence-electron chi connectivity index (χ2n) is 8.26. The molecule has 33 heavy (non-hydrogen) atoms. The Morgan fingerprint density at radius 3 is 2.21 bits per heavy atom. The Bertz CT molecular complexity index is 1100. The number of ether oxygens (including phenoxy) is 2. The molecule has 3 aromatic carbocycles. The van der Waals surface area contributed by atoms with Gasteiger partial charge in [0.05, 0.1) is 30.3 Å². The lowest BCUT2D eigenvalue weighted by molar-refractivity contribution is -0.00147. The smallest absolute Gasteiger partial charge is 0.139 e. The summed E-state index contributed by atoms with van der Waals surface area (Å²) in [6.07, 6.45) is 1.07. The van der Waals surface area contributed by atoms with Gasteiger partial charge in [-0.3, -0.25) is 0 Å². The van der Waals surface area contributed by atoms with E-state index in [1.54, 1.807) is 0 Å². The first kappa shape index (κ1) is 23.5. The zero-order chi connectivity index (χ0) is 21.8. The van der Waals surface area contributed by atoms with E-state index in [0.717, 1.165) is 47.4 Å². The van der Waals surface area contributed by atoms with Crippen LogP contribution in [0, 0.1) is 0 Å². The summed E-state index contributed by atoms with van der Waals surface area (Å²) >= 11 is 0. The van der Waals surface area contributed by atoms with Gasteiger partial charge in [-0.25, -0.2) is 4.98 Å². The molecule has 1 aliphatic heterocycles. The van der Waals surface area contributed by atoms with Gasteiger partial charge in [0.25, 0.3) is 0 Å². The molecule has 5 rings (SSSR count). The highest BCUT2D eigenvalue weighted by molar-refractivity contribution is 5.85. The van der Waals surface area contributed by atoms with Crippen molar-refractivity contribution in [1.82, 2.24) is 9.55 Å². The summed E-state index contributed by atoms with van der Waals surface area (Å²) in [5.41, 5.74) is 4.08. The van der Waals surface area contributed by atoms with Crippen molar-refractivity contribution in [2.24, 2.45) is 0 Å². The maximum Gasteiger partial charge on any atom is 0.139 e. The first-order chi connectivity index (χ1) is 15.8. The first-order valence-corrected chi connectivity index (χ1v) is 11.3. The number of fused-ring (bicyclic) bond motifs is 1. The van der Waals surface area contributed by atoms with E-state index in [1.165, 1.54) is 0 Å². The van der Waals surface area contributed by atoms with Crippen molar-refractivity contribution >= 4 is 23.4 Å². The van der Waals surface area contributed by atoms with Crippen LogP contribution in [0.4, 0.5) is 0 Å². The Balaban J connectivity index is 0.00000259. The third-order valence-electron chi connectivity index (χ3n) is 5.95. The van der Waals surface area contributed by atoms with Gasteiger partial charge in [0.2, 0.25) is 0 Å². The van der Waals surface area contributed by atoms with Gasteiger partial charge in [-0.05, 0) is 36.1 Å². The predicted molar refractivity (Wildman–Crippen MR) is 132 cm³/mol. The average Bonchev–Trinajstić information content (AvgIpc) is 3.49. The molecule has 0 spiro atoms. The maximum absolute atomic E-state index is 11.0. The number of hydrogen-bond acceptors (Lipinski definition) is 4. The molecule has 1 fully saturated rings. The van der Waals surface area contributed by atoms with E-state index >= 15 is 0 Å². The van der Waals surface area contributed by atoms with Crippen LogP contribution in [0.2, 0.25) is 0 Å². The van der Waals surface area contributed by atoms with Crippen molar-refractivity contribution in [3.05, 3.63) is 102 Å². The maximum atomic E-state index is 11.0. The van der Waals surface area contributed by atoms with Crippen LogP contribution >= 0.6 is 12.4 Å². The van der Waals surface area contributed by atoms with Gasteiger partial charge in [-0.15, -0.1) is 12.4 Å². The number of nitrogens with zero attached hydrogens (tertiary/aromatic N) is 2. The summed E-state index contributed by atoms with van der Waals surface area (Å²) in [6.45, 7) is 1.38. The molecule has 2 heterocycles. The molecule has 2 atom stereocenters. The number of aliphatic hydroxyl groups is 1. The molecule has 172 valence electrons. The average molecular weight is 465 g/mol. The van der Waals surface area contributed by atoms with Gasteiger partial charge in [0, 0.05) is 6.61 Å². The van der Waals surface area contributed by atoms with Crippen LogP contribution in [0.25, 0.3) is 11.0 Å². The molecule has 6 heteroatoms. The normalized spacial score (nSPS) is 16.7. The van der Waals surface area contributed by atoms with Crippen molar-refractivity contribution in [3.8, 4) is 0 Å². The fourth-order valence-electron chi connectivity index (χ4n) is 4.42. The largest absolute Gasteiger partial charge is 0.389 e. The highest BCUT2D eigenvalue weighted by Crippen LogP contribution is 2.31. The summed E-state index contributed by atoms with van der Waals surface area (Å²) in [4.78, 5) is 4.82. The molecule has 2 unspecified atom stereocenters. The number of hydrogen-bond donors (Lipinski definition) is 1. The Kier molecular flexibility index (Phi) is 7.78. The van der Waals surface area contributed by atoms with Crippen LogP contribution in [-0.4, -0.2) is 34.0 Å². The van der Waals surface area contributed by atoms with E-state index in [9.17, 15) is 5.11 Å². The lowest BCUT2D eigenvalue weighted by atomic mass is 10.0. The van der Waals surface area contributed by atoms with E-state index in [-0.39, 0.29) is 31.2 Å². The molecule has 0 saturated carbocycles. The lowest BCUT2D eigenvalue weighted by Crippen LogP contribution is -2.25. The minimum atomic E-state index is -0.678. The quantitative estimate of drug-likeness (QED) is 0.375. The number of benzene rings is 3. The number of halogens is 1. The monoisotopic (exact) mass is 464 g/mol. The predicted octanol–water partition coefficient (Wildman–Crippen LogP) is 5.48. The van der Waals surface area contributed by atoms with Crippen molar-refractivity contribution in [2.75, 3.05) is 13.2 Å². The summed E-state index contributed by atoms with van der Waals surface area (Å²) in [5, 5.41) is 11.0. The fraction of sp³-hybridized carbons (Fsp3) is 0.296. The molecule has 0 amide bonds. The molecule has 1 aliphatic rings. The van der Waals surface area contributed by atoms with Crippen LogP contribution in [0.3, 0.4) is 0 Å². The molecule has 1 aromatic heterocycles. The Morgan fingerprint density at radius 1 is 0.939 bits per heavy atom. The molecule has 4 aromatic rings. The van der Waals surface area contributed by atoms with E-state index < -0.39 is 6.10 Å². The van der Waals surface area contributed by atoms with Crippen LogP contribution < -0.4 is 0 Å². The minimum Gasteiger partial charge on any atom is -0.389 e. The molecular weight excluding hydrogens is 436 g/mol. The van der Waals surface area contributed by atoms with Gasteiger partial charge in [-0.2, -0.15) is 0 Å². The highest BCUT2D eigenvalue weighted by Gasteiger charge is 2.26. The summed E-state index contributed by atoms with van der Waals surface area (Å²) in [6, 6.07) is 28.3. The second-order valence-corrected chi connectivity index (χ2v) is 8.26. The van der Waals surface area contributed by atoms with E-state index in [0.29, 0.717) is 6.54 Å². The number of aromatic nitrogens is 2. The van der Waals surface area contributed by atoms with Crippen molar-refractivity contribution in [2.45, 2.75) is 37.7 Å². The van der Waals surface area contributed by atoms with E-state index in [1.807, 2.05) is 60.7 Å². The summed E-state index contributed by atoms with van der Waals surface area (Å²) < 4.78 is 14.3. The van der Waals surface area contributed by atoms with Crippen molar-refractivity contribution < 1.29 is 14.6 Å². The van der Waals surface area contributed by atoms with Crippen LogP contribution in [0.15, 0.2) is 84.9 Å². The summed E-state index contributed by atoms with van der Waals surface area (Å²) in [5.74, 6) is 0.894. The molecule has 1 saturated heterocycles. The number of rotatable bonds is 8. The fourth-order valence-corrected chi connectivity index (χ4v) is 4.42. The van der Waals surface area contributed by atoms with Gasteiger partial charge >= 0.3 is 0 Å². The first-order valence-electron chi connectivity index (χ1n) is 11.3. The zero-order valence-electron chi connectivity index (χ0n) is 18.4. The zero-order valence-corrected chi connectivity index (χ0v) is 19.2. The minimum absolute atomic E-state index is 0. The van der Waals surface area contributed by atoms with Gasteiger partial charge in [-0.1, -0.05) is 72.8 Å². The third-order valence-corrected chi connectivity index (χ3v) is 5.95. The van der Waals surface area contributed by atoms with Gasteiger partial charge in [0.15, 0.2) is 0 Å². The van der Waals surface area contributed by atoms with E-state index in [2.05, 4.69) is 28.8 Å². The molecule has 5 nitrogen and oxygen atoms in total. The van der Waals surface area contributed by atoms with E-state index in [4.69, 9.17) is 14.5 Å². The second kappa shape index (κ2) is 10.9. The topological polar surface area (TPSA) is 56.5 Å². The van der Waals surface area contributed by atoms with Crippen molar-refractivity contribution in [1.29, 1.82) is 0 Å². The molecule has 0 radical (unpaired) electrons. The van der Waals surface area contributed by atoms with Gasteiger partial charge in [0.1, 0.15) is 18.0 Å². The molecule has 0 aliphatic carbocycles. The standard InChI is InChI=1S/C27H28N2O3.ClH/c30-22(19-32-26(20-10-3-1-4-11-20)21-12-5-2-6-13-21)18-29-24-15-8-7-14-23(24)28-27(29)25-16-9-17-31-25;/h1-8,10-15,22,25-26,30H,9,16-19H2;1H. The molecular formula is C27H29ClN2O3. The van der Waals surface area contributed by atoms with Crippen LogP contribution in [-0.2, 0) is 16.0 Å². The Hall–Kier alpha value is -2.70. The van der Waals surface area contributed by atoms with Gasteiger partial charge < -0.3 is 19.1 Å². The number of aliphatic hydroxyl groups excluding tert-OH is 1. The lowest BCUT2D eigenvalue weighted by Gasteiger charge is -2.22. The molecule has 1 N–H and O–H groups in total. The highest BCUT2D eigenvalue weighted by atomic mass is 35.5. The molecule has 0 bridgehead atoms. The number of imidazole rings is 1. The SMILES string of the molecule is Cl.OC(COC(c1ccccc1)c1ccccc1)Cn1c(C2CCCO2)nc2ccccc21. The van der Waals surface area contributed by atoms with Crippen LogP contribution in [0.5, 0.6) is 0 Å².